The molecule has 0 saturated heterocycles. The summed E-state index contributed by atoms with van der Waals surface area (Å²) >= 11 is 28.7. The van der Waals surface area contributed by atoms with Gasteiger partial charge in [0.15, 0.2) is 17.4 Å². The van der Waals surface area contributed by atoms with Gasteiger partial charge in [-0.2, -0.15) is 4.90 Å². The van der Waals surface area contributed by atoms with Crippen molar-refractivity contribution in [1.29, 1.82) is 0 Å². The van der Waals surface area contributed by atoms with E-state index in [1.807, 2.05) is 0 Å². The van der Waals surface area contributed by atoms with Gasteiger partial charge >= 0.3 is 12.2 Å². The molecule has 1 N–H and O–H groups in total. The summed E-state index contributed by atoms with van der Waals surface area (Å²) in [5, 5.41) is 3.14. The lowest BCUT2D eigenvalue weighted by Crippen LogP contribution is -2.44. The van der Waals surface area contributed by atoms with Crippen molar-refractivity contribution in [2.75, 3.05) is 10.2 Å². The molecule has 0 aliphatic heterocycles. The quantitative estimate of drug-likeness (QED) is 0.188. The summed E-state index contributed by atoms with van der Waals surface area (Å²) < 4.78 is 40.9. The van der Waals surface area contributed by atoms with Crippen molar-refractivity contribution in [1.82, 2.24) is 0 Å². The Morgan fingerprint density at radius 2 is 1.45 bits per heavy atom. The molecule has 8 nitrogen and oxygen atoms in total. The molecule has 0 unspecified atom stereocenters. The highest BCUT2D eigenvalue weighted by Crippen LogP contribution is 2.65. The second-order valence-corrected chi connectivity index (χ2v) is 16.4. The number of carbonyl (C=O) groups excluding carboxylic acids is 4. The summed E-state index contributed by atoms with van der Waals surface area (Å²) in [5.74, 6) is -5.30. The van der Waals surface area contributed by atoms with Gasteiger partial charge in [-0.25, -0.2) is 18.4 Å². The lowest BCUT2D eigenvalue weighted by Gasteiger charge is -2.29. The van der Waals surface area contributed by atoms with Gasteiger partial charge in [-0.3, -0.25) is 9.59 Å². The van der Waals surface area contributed by atoms with Crippen molar-refractivity contribution in [2.45, 2.75) is 69.4 Å². The number of alkyl halides is 2. The normalized spacial score (nSPS) is 16.8. The van der Waals surface area contributed by atoms with E-state index in [0.717, 1.165) is 12.1 Å². The Morgan fingerprint density at radius 3 is 2.00 bits per heavy atom. The standard InChI is InChI=1S/C34H31BrCl4F2N2O6/c1-32(2,3)48-30(46)43(31(47)49-33(4,5)6)28-23(40)12-8-17(27(28)41)14-24(44)19-15-18(9-11-21(19)36)42-29(45)26-25(34(26,38)39)16-7-10-22(37)20(35)13-16/h7-13,15,25-26H,14H2,1-6H3,(H,42,45)/t25-,26+/m0/s1. The van der Waals surface area contributed by atoms with Gasteiger partial charge in [-0.05, 0) is 105 Å². The SMILES string of the molecule is CC(C)(C)OC(=O)N(C(=O)OC(C)(C)C)c1c(F)ccc(CC(=O)c2cc(NC(=O)[C@H]3[C@H](c4ccc(Cl)c(Br)c4)C3(Cl)Cl)ccc2Cl)c1F. The van der Waals surface area contributed by atoms with E-state index >= 15 is 8.78 Å². The average Bonchev–Trinajstić information content (AvgIpc) is 3.54. The first-order valence-electron chi connectivity index (χ1n) is 14.7. The summed E-state index contributed by atoms with van der Waals surface area (Å²) in [7, 11) is 0. The van der Waals surface area contributed by atoms with Crippen LogP contribution in [-0.2, 0) is 20.7 Å². The van der Waals surface area contributed by atoms with Crippen LogP contribution in [0.1, 0.15) is 68.9 Å². The Hall–Kier alpha value is -2.96. The monoisotopic (exact) mass is 820 g/mol. The molecule has 3 aromatic rings. The van der Waals surface area contributed by atoms with E-state index < -0.39 is 75.0 Å². The summed E-state index contributed by atoms with van der Waals surface area (Å²) in [6.07, 6.45) is -3.46. The average molecular weight is 823 g/mol. The van der Waals surface area contributed by atoms with Crippen LogP contribution < -0.4 is 10.2 Å². The van der Waals surface area contributed by atoms with Crippen molar-refractivity contribution >= 4 is 97.6 Å². The van der Waals surface area contributed by atoms with E-state index in [-0.39, 0.29) is 26.7 Å². The number of ketones is 1. The van der Waals surface area contributed by atoms with Gasteiger partial charge in [0.2, 0.25) is 5.91 Å². The molecule has 2 atom stereocenters. The number of imide groups is 1. The van der Waals surface area contributed by atoms with Gasteiger partial charge in [0, 0.05) is 28.1 Å². The Morgan fingerprint density at radius 1 is 0.878 bits per heavy atom. The third-order valence-electron chi connectivity index (χ3n) is 7.05. The van der Waals surface area contributed by atoms with Crippen LogP contribution in [0.25, 0.3) is 0 Å². The molecule has 4 rings (SSSR count). The fourth-order valence-electron chi connectivity index (χ4n) is 4.87. The number of ether oxygens (including phenoxy) is 2. The maximum Gasteiger partial charge on any atom is 0.424 e. The van der Waals surface area contributed by atoms with Crippen LogP contribution in [0.4, 0.5) is 29.7 Å². The lowest BCUT2D eigenvalue weighted by molar-refractivity contribution is -0.117. The van der Waals surface area contributed by atoms with Gasteiger partial charge in [0.25, 0.3) is 0 Å². The summed E-state index contributed by atoms with van der Waals surface area (Å²) in [4.78, 5) is 53.0. The molecule has 0 heterocycles. The second-order valence-electron chi connectivity index (χ2n) is 13.3. The molecule has 0 aromatic heterocycles. The third kappa shape index (κ3) is 9.05. The van der Waals surface area contributed by atoms with E-state index in [9.17, 15) is 19.2 Å². The summed E-state index contributed by atoms with van der Waals surface area (Å²) in [6.45, 7) is 9.02. The number of hydrogen-bond donors (Lipinski definition) is 1. The molecule has 15 heteroatoms. The Labute approximate surface area is 310 Å². The molecular formula is C34H31BrCl4F2N2O6. The predicted molar refractivity (Wildman–Crippen MR) is 189 cm³/mol. The number of rotatable bonds is 7. The maximum atomic E-state index is 16.0. The first kappa shape index (κ1) is 38.8. The van der Waals surface area contributed by atoms with Crippen molar-refractivity contribution in [3.8, 4) is 0 Å². The molecule has 0 spiro atoms. The number of amides is 3. The molecule has 1 fully saturated rings. The molecule has 49 heavy (non-hydrogen) atoms. The number of benzene rings is 3. The summed E-state index contributed by atoms with van der Waals surface area (Å²) in [5.41, 5.74) is -2.98. The molecule has 1 saturated carbocycles. The minimum atomic E-state index is -1.41. The Balaban J connectivity index is 1.60. The van der Waals surface area contributed by atoms with Crippen LogP contribution in [0.2, 0.25) is 10.0 Å². The highest BCUT2D eigenvalue weighted by molar-refractivity contribution is 9.10. The first-order chi connectivity index (χ1) is 22.5. The van der Waals surface area contributed by atoms with Crippen molar-refractivity contribution in [3.63, 3.8) is 0 Å². The second kappa shape index (κ2) is 14.3. The lowest BCUT2D eigenvalue weighted by atomic mass is 10.0. The summed E-state index contributed by atoms with van der Waals surface area (Å²) in [6, 6.07) is 11.0. The number of nitrogens with zero attached hydrogens (tertiary/aromatic N) is 1. The zero-order chi connectivity index (χ0) is 36.8. The number of carbonyl (C=O) groups is 4. The Bertz CT molecular complexity index is 1820. The van der Waals surface area contributed by atoms with Crippen LogP contribution in [0.15, 0.2) is 53.0 Å². The minimum absolute atomic E-state index is 0.0192. The van der Waals surface area contributed by atoms with E-state index in [4.69, 9.17) is 55.9 Å². The molecule has 0 radical (unpaired) electrons. The highest BCUT2D eigenvalue weighted by Gasteiger charge is 2.67. The molecule has 3 aromatic carbocycles. The number of nitrogens with one attached hydrogen (secondary N) is 1. The molecule has 262 valence electrons. The molecule has 1 aliphatic carbocycles. The van der Waals surface area contributed by atoms with Gasteiger partial charge in [-0.1, -0.05) is 35.3 Å². The van der Waals surface area contributed by atoms with Crippen LogP contribution in [0.5, 0.6) is 0 Å². The predicted octanol–water partition coefficient (Wildman–Crippen LogP) is 10.7. The van der Waals surface area contributed by atoms with Gasteiger partial charge in [-0.15, -0.1) is 23.2 Å². The van der Waals surface area contributed by atoms with Crippen molar-refractivity contribution < 1.29 is 37.4 Å². The molecule has 3 amide bonds. The maximum absolute atomic E-state index is 16.0. The Kier molecular flexibility index (Phi) is 11.4. The molecular weight excluding hydrogens is 792 g/mol. The van der Waals surface area contributed by atoms with Crippen molar-refractivity contribution in [2.24, 2.45) is 5.92 Å². The zero-order valence-corrected chi connectivity index (χ0v) is 31.6. The largest absolute Gasteiger partial charge is 0.443 e. The minimum Gasteiger partial charge on any atom is -0.443 e. The van der Waals surface area contributed by atoms with E-state index in [1.165, 1.54) is 59.7 Å². The van der Waals surface area contributed by atoms with E-state index in [0.29, 0.717) is 15.1 Å². The topological polar surface area (TPSA) is 102 Å². The van der Waals surface area contributed by atoms with E-state index in [2.05, 4.69) is 21.2 Å². The number of halogens is 7. The van der Waals surface area contributed by atoms with Gasteiger partial charge in [0.1, 0.15) is 21.2 Å². The molecule has 1 aliphatic rings. The fourth-order valence-corrected chi connectivity index (χ4v) is 6.44. The number of Topliss-reactive ketones (excluding diaryl/α,β-unsaturated/α-hetero) is 1. The molecule has 0 bridgehead atoms. The fraction of sp³-hybridized carbons (Fsp3) is 0.353. The zero-order valence-electron chi connectivity index (χ0n) is 27.0. The van der Waals surface area contributed by atoms with Crippen LogP contribution >= 0.6 is 62.3 Å². The van der Waals surface area contributed by atoms with Gasteiger partial charge in [0.05, 0.1) is 16.0 Å². The van der Waals surface area contributed by atoms with Crippen LogP contribution in [0.3, 0.4) is 0 Å². The van der Waals surface area contributed by atoms with E-state index in [1.54, 1.807) is 18.2 Å². The van der Waals surface area contributed by atoms with Crippen molar-refractivity contribution in [3.05, 3.63) is 91.4 Å². The smallest absolute Gasteiger partial charge is 0.424 e. The van der Waals surface area contributed by atoms with Crippen LogP contribution in [-0.4, -0.2) is 39.4 Å². The van der Waals surface area contributed by atoms with Gasteiger partial charge < -0.3 is 14.8 Å². The number of anilines is 2. The third-order valence-corrected chi connectivity index (χ3v) is 9.53. The van der Waals surface area contributed by atoms with Crippen LogP contribution in [0, 0.1) is 17.6 Å². The first-order valence-corrected chi connectivity index (χ1v) is 17.0. The number of hydrogen-bond acceptors (Lipinski definition) is 6. The highest BCUT2D eigenvalue weighted by atomic mass is 79.9.